The van der Waals surface area contributed by atoms with Crippen molar-refractivity contribution >= 4 is 5.91 Å². The average Bonchev–Trinajstić information content (AvgIpc) is 3.05. The molecule has 0 bridgehead atoms. The van der Waals surface area contributed by atoms with E-state index in [0.717, 1.165) is 12.8 Å². The summed E-state index contributed by atoms with van der Waals surface area (Å²) in [5.41, 5.74) is 6.91. The highest BCUT2D eigenvalue weighted by Crippen LogP contribution is 2.20. The van der Waals surface area contributed by atoms with E-state index in [1.54, 1.807) is 23.2 Å². The number of hydrogen-bond acceptors (Lipinski definition) is 4. The van der Waals surface area contributed by atoms with Crippen LogP contribution < -0.4 is 5.73 Å². The molecule has 1 saturated heterocycles. The lowest BCUT2D eigenvalue weighted by Crippen LogP contribution is -2.45. The molecule has 0 aliphatic carbocycles. The van der Waals surface area contributed by atoms with Gasteiger partial charge in [-0.1, -0.05) is 5.21 Å². The number of amides is 1. The van der Waals surface area contributed by atoms with Gasteiger partial charge in [0, 0.05) is 19.1 Å². The molecule has 1 aromatic heterocycles. The molecule has 2 N–H and O–H groups in total. The van der Waals surface area contributed by atoms with Gasteiger partial charge in [-0.25, -0.2) is 9.07 Å². The number of nitrogens with zero attached hydrogens (tertiary/aromatic N) is 4. The molecule has 7 heteroatoms. The molecule has 1 fully saturated rings. The van der Waals surface area contributed by atoms with E-state index < -0.39 is 0 Å². The molecule has 1 aliphatic heterocycles. The van der Waals surface area contributed by atoms with Crippen molar-refractivity contribution in [2.24, 2.45) is 11.7 Å². The summed E-state index contributed by atoms with van der Waals surface area (Å²) in [6, 6.07) is 5.93. The Bertz CT molecular complexity index is 682. The Morgan fingerprint density at radius 1 is 1.39 bits per heavy atom. The molecule has 2 heterocycles. The monoisotopic (exact) mass is 317 g/mol. The molecule has 3 rings (SSSR count). The number of rotatable bonds is 3. The molecular formula is C16H20FN5O. The van der Waals surface area contributed by atoms with Crippen LogP contribution in [0.2, 0.25) is 0 Å². The van der Waals surface area contributed by atoms with Crippen LogP contribution in [0.25, 0.3) is 5.69 Å². The first-order valence-corrected chi connectivity index (χ1v) is 7.78. The third-order valence-corrected chi connectivity index (χ3v) is 4.29. The van der Waals surface area contributed by atoms with Crippen molar-refractivity contribution in [1.29, 1.82) is 0 Å². The Morgan fingerprint density at radius 3 is 2.83 bits per heavy atom. The molecule has 122 valence electrons. The van der Waals surface area contributed by atoms with Crippen LogP contribution in [-0.4, -0.2) is 44.9 Å². The summed E-state index contributed by atoms with van der Waals surface area (Å²) in [5.74, 6) is -0.135. The fourth-order valence-electron chi connectivity index (χ4n) is 2.87. The first-order chi connectivity index (χ1) is 11.0. The number of piperidine rings is 1. The Hall–Kier alpha value is -2.28. The normalized spacial score (nSPS) is 19.6. The topological polar surface area (TPSA) is 77.0 Å². The molecule has 2 atom stereocenters. The maximum atomic E-state index is 13.0. The SMILES string of the molecule is C[C@H](N)[C@@H]1CCCN(C(=O)c2cn(-c3ccc(F)cc3)nn2)C1. The predicted molar refractivity (Wildman–Crippen MR) is 83.6 cm³/mol. The summed E-state index contributed by atoms with van der Waals surface area (Å²) in [7, 11) is 0. The van der Waals surface area contributed by atoms with E-state index in [1.165, 1.54) is 16.8 Å². The van der Waals surface area contributed by atoms with Crippen molar-refractivity contribution < 1.29 is 9.18 Å². The highest BCUT2D eigenvalue weighted by molar-refractivity contribution is 5.92. The maximum absolute atomic E-state index is 13.0. The standard InChI is InChI=1S/C16H20FN5O/c1-11(18)12-3-2-8-21(9-12)16(23)15-10-22(20-19-15)14-6-4-13(17)5-7-14/h4-7,10-12H,2-3,8-9,18H2,1H3/t11-,12+/m0/s1. The molecule has 0 radical (unpaired) electrons. The van der Waals surface area contributed by atoms with Crippen molar-refractivity contribution in [3.8, 4) is 5.69 Å². The fourth-order valence-corrected chi connectivity index (χ4v) is 2.87. The van der Waals surface area contributed by atoms with Crippen molar-refractivity contribution in [2.75, 3.05) is 13.1 Å². The van der Waals surface area contributed by atoms with Gasteiger partial charge in [-0.15, -0.1) is 5.10 Å². The molecule has 0 unspecified atom stereocenters. The van der Waals surface area contributed by atoms with Gasteiger partial charge in [0.05, 0.1) is 11.9 Å². The third-order valence-electron chi connectivity index (χ3n) is 4.29. The van der Waals surface area contributed by atoms with Gasteiger partial charge in [0.15, 0.2) is 5.69 Å². The number of likely N-dealkylation sites (tertiary alicyclic amines) is 1. The molecule has 0 spiro atoms. The molecular weight excluding hydrogens is 297 g/mol. The van der Waals surface area contributed by atoms with Crippen molar-refractivity contribution in [2.45, 2.75) is 25.8 Å². The second-order valence-electron chi connectivity index (χ2n) is 6.04. The number of aromatic nitrogens is 3. The summed E-state index contributed by atoms with van der Waals surface area (Å²) < 4.78 is 14.4. The van der Waals surface area contributed by atoms with Gasteiger partial charge in [0.25, 0.3) is 5.91 Å². The first kappa shape index (κ1) is 15.6. The van der Waals surface area contributed by atoms with Crippen LogP contribution in [-0.2, 0) is 0 Å². The second kappa shape index (κ2) is 6.45. The van der Waals surface area contributed by atoms with Crippen LogP contribution in [0.15, 0.2) is 30.5 Å². The second-order valence-corrected chi connectivity index (χ2v) is 6.04. The number of benzene rings is 1. The maximum Gasteiger partial charge on any atom is 0.276 e. The van der Waals surface area contributed by atoms with Crippen molar-refractivity contribution in [3.63, 3.8) is 0 Å². The van der Waals surface area contributed by atoms with E-state index in [9.17, 15) is 9.18 Å². The Kier molecular flexibility index (Phi) is 4.38. The van der Waals surface area contributed by atoms with Crippen LogP contribution >= 0.6 is 0 Å². The largest absolute Gasteiger partial charge is 0.337 e. The Balaban J connectivity index is 1.74. The molecule has 23 heavy (non-hydrogen) atoms. The molecule has 1 aromatic carbocycles. The van der Waals surface area contributed by atoms with Crippen LogP contribution in [0.4, 0.5) is 4.39 Å². The summed E-state index contributed by atoms with van der Waals surface area (Å²) in [6.07, 6.45) is 3.57. The third kappa shape index (κ3) is 3.39. The minimum atomic E-state index is -0.319. The highest BCUT2D eigenvalue weighted by atomic mass is 19.1. The van der Waals surface area contributed by atoms with E-state index in [-0.39, 0.29) is 17.8 Å². The first-order valence-electron chi connectivity index (χ1n) is 7.78. The molecule has 1 aliphatic rings. The van der Waals surface area contributed by atoms with Crippen LogP contribution in [0.3, 0.4) is 0 Å². The zero-order valence-electron chi connectivity index (χ0n) is 13.0. The molecule has 1 amide bonds. The van der Waals surface area contributed by atoms with Crippen LogP contribution in [0, 0.1) is 11.7 Å². The number of halogens is 1. The van der Waals surface area contributed by atoms with E-state index in [4.69, 9.17) is 5.73 Å². The fraction of sp³-hybridized carbons (Fsp3) is 0.438. The van der Waals surface area contributed by atoms with Gasteiger partial charge in [-0.05, 0) is 49.9 Å². The quantitative estimate of drug-likeness (QED) is 0.933. The highest BCUT2D eigenvalue weighted by Gasteiger charge is 2.27. The molecule has 2 aromatic rings. The van der Waals surface area contributed by atoms with Gasteiger partial charge in [-0.3, -0.25) is 4.79 Å². The average molecular weight is 317 g/mol. The smallest absolute Gasteiger partial charge is 0.276 e. The summed E-state index contributed by atoms with van der Waals surface area (Å²) >= 11 is 0. The van der Waals surface area contributed by atoms with Gasteiger partial charge in [0.1, 0.15) is 5.82 Å². The lowest BCUT2D eigenvalue weighted by molar-refractivity contribution is 0.0655. The summed E-state index contributed by atoms with van der Waals surface area (Å²) in [4.78, 5) is 14.4. The number of nitrogens with two attached hydrogens (primary N) is 1. The van der Waals surface area contributed by atoms with Crippen molar-refractivity contribution in [3.05, 3.63) is 42.0 Å². The predicted octanol–water partition coefficient (Wildman–Crippen LogP) is 1.61. The lowest BCUT2D eigenvalue weighted by Gasteiger charge is -2.34. The lowest BCUT2D eigenvalue weighted by atomic mass is 9.92. The van der Waals surface area contributed by atoms with E-state index in [2.05, 4.69) is 10.3 Å². The summed E-state index contributed by atoms with van der Waals surface area (Å²) in [6.45, 7) is 3.34. The Labute approximate surface area is 134 Å². The van der Waals surface area contributed by atoms with Crippen LogP contribution in [0.5, 0.6) is 0 Å². The number of hydrogen-bond donors (Lipinski definition) is 1. The van der Waals surface area contributed by atoms with E-state index >= 15 is 0 Å². The van der Waals surface area contributed by atoms with E-state index in [1.807, 2.05) is 6.92 Å². The van der Waals surface area contributed by atoms with Crippen molar-refractivity contribution in [1.82, 2.24) is 19.9 Å². The van der Waals surface area contributed by atoms with Gasteiger partial charge >= 0.3 is 0 Å². The van der Waals surface area contributed by atoms with Crippen LogP contribution in [0.1, 0.15) is 30.3 Å². The molecule has 0 saturated carbocycles. The molecule has 6 nitrogen and oxygen atoms in total. The van der Waals surface area contributed by atoms with Gasteiger partial charge < -0.3 is 10.6 Å². The number of carbonyl (C=O) groups excluding carboxylic acids is 1. The minimum absolute atomic E-state index is 0.0699. The van der Waals surface area contributed by atoms with Gasteiger partial charge in [0.2, 0.25) is 0 Å². The van der Waals surface area contributed by atoms with Gasteiger partial charge in [-0.2, -0.15) is 0 Å². The van der Waals surface area contributed by atoms with E-state index in [0.29, 0.717) is 30.4 Å². The zero-order chi connectivity index (χ0) is 16.4. The Morgan fingerprint density at radius 2 is 2.13 bits per heavy atom. The number of carbonyl (C=O) groups is 1. The minimum Gasteiger partial charge on any atom is -0.337 e. The summed E-state index contributed by atoms with van der Waals surface area (Å²) in [5, 5.41) is 7.91. The zero-order valence-corrected chi connectivity index (χ0v) is 13.0.